The van der Waals surface area contributed by atoms with Gasteiger partial charge < -0.3 is 15.5 Å². The molecule has 6 nitrogen and oxygen atoms in total. The number of thiophene rings is 1. The van der Waals surface area contributed by atoms with Gasteiger partial charge in [-0.05, 0) is 61.6 Å². The smallest absolute Gasteiger partial charge is 0.227 e. The summed E-state index contributed by atoms with van der Waals surface area (Å²) in [6.07, 6.45) is 4.86. The van der Waals surface area contributed by atoms with Crippen molar-refractivity contribution < 1.29 is 4.79 Å². The van der Waals surface area contributed by atoms with Gasteiger partial charge in [0.15, 0.2) is 0 Å². The van der Waals surface area contributed by atoms with Gasteiger partial charge in [-0.2, -0.15) is 0 Å². The van der Waals surface area contributed by atoms with E-state index in [-0.39, 0.29) is 5.91 Å². The SMILES string of the molecule is O=C(CCN1CCCC1)Nc1ccc(Nc2ncc3sccc3n2)cc1. The van der Waals surface area contributed by atoms with Gasteiger partial charge in [-0.15, -0.1) is 11.3 Å². The van der Waals surface area contributed by atoms with Crippen molar-refractivity contribution in [2.24, 2.45) is 0 Å². The van der Waals surface area contributed by atoms with Crippen LogP contribution in [0.1, 0.15) is 19.3 Å². The number of fused-ring (bicyclic) bond motifs is 1. The first kappa shape index (κ1) is 16.9. The van der Waals surface area contributed by atoms with Gasteiger partial charge in [-0.1, -0.05) is 0 Å². The average Bonchev–Trinajstić information content (AvgIpc) is 3.33. The Morgan fingerprint density at radius 2 is 1.88 bits per heavy atom. The number of carbonyl (C=O) groups is 1. The zero-order chi connectivity index (χ0) is 17.8. The van der Waals surface area contributed by atoms with E-state index >= 15 is 0 Å². The molecule has 0 atom stereocenters. The van der Waals surface area contributed by atoms with E-state index in [1.807, 2.05) is 41.9 Å². The Balaban J connectivity index is 1.31. The number of benzene rings is 1. The number of likely N-dealkylation sites (tertiary alicyclic amines) is 1. The predicted octanol–water partition coefficient (Wildman–Crippen LogP) is 3.86. The van der Waals surface area contributed by atoms with Crippen LogP contribution in [-0.2, 0) is 4.79 Å². The van der Waals surface area contributed by atoms with E-state index in [1.54, 1.807) is 11.3 Å². The van der Waals surface area contributed by atoms with Crippen molar-refractivity contribution in [3.8, 4) is 0 Å². The lowest BCUT2D eigenvalue weighted by molar-refractivity contribution is -0.116. The van der Waals surface area contributed by atoms with Crippen LogP contribution < -0.4 is 10.6 Å². The summed E-state index contributed by atoms with van der Waals surface area (Å²) >= 11 is 1.63. The van der Waals surface area contributed by atoms with Crippen LogP contribution in [0.15, 0.2) is 41.9 Å². The third kappa shape index (κ3) is 4.17. The molecule has 1 fully saturated rings. The lowest BCUT2D eigenvalue weighted by Crippen LogP contribution is -2.25. The second-order valence-corrected chi connectivity index (χ2v) is 7.36. The highest BCUT2D eigenvalue weighted by Gasteiger charge is 2.12. The summed E-state index contributed by atoms with van der Waals surface area (Å²) in [5, 5.41) is 8.15. The minimum Gasteiger partial charge on any atom is -0.326 e. The van der Waals surface area contributed by atoms with E-state index in [0.29, 0.717) is 12.4 Å². The summed E-state index contributed by atoms with van der Waals surface area (Å²) < 4.78 is 1.07. The molecule has 26 heavy (non-hydrogen) atoms. The Kier molecular flexibility index (Phi) is 5.08. The molecule has 1 aliphatic heterocycles. The van der Waals surface area contributed by atoms with Crippen LogP contribution in [0.2, 0.25) is 0 Å². The predicted molar refractivity (Wildman–Crippen MR) is 106 cm³/mol. The minimum absolute atomic E-state index is 0.0591. The fourth-order valence-electron chi connectivity index (χ4n) is 3.08. The van der Waals surface area contributed by atoms with Gasteiger partial charge in [0.25, 0.3) is 0 Å². The molecular formula is C19H21N5OS. The van der Waals surface area contributed by atoms with Crippen LogP contribution in [0.4, 0.5) is 17.3 Å². The number of anilines is 3. The van der Waals surface area contributed by atoms with Gasteiger partial charge in [0.2, 0.25) is 11.9 Å². The Morgan fingerprint density at radius 1 is 1.12 bits per heavy atom. The fourth-order valence-corrected chi connectivity index (χ4v) is 3.77. The summed E-state index contributed by atoms with van der Waals surface area (Å²) in [6, 6.07) is 9.58. The summed E-state index contributed by atoms with van der Waals surface area (Å²) in [7, 11) is 0. The summed E-state index contributed by atoms with van der Waals surface area (Å²) in [5.41, 5.74) is 2.63. The van der Waals surface area contributed by atoms with Crippen LogP contribution in [0.25, 0.3) is 10.2 Å². The Bertz CT molecular complexity index is 886. The Morgan fingerprint density at radius 3 is 2.69 bits per heavy atom. The number of carbonyl (C=O) groups excluding carboxylic acids is 1. The molecule has 1 saturated heterocycles. The molecule has 1 amide bonds. The number of nitrogens with one attached hydrogen (secondary N) is 2. The molecule has 0 bridgehead atoms. The van der Waals surface area contributed by atoms with Crippen LogP contribution in [0.5, 0.6) is 0 Å². The zero-order valence-electron chi connectivity index (χ0n) is 14.4. The highest BCUT2D eigenvalue weighted by molar-refractivity contribution is 7.17. The van der Waals surface area contributed by atoms with Crippen molar-refractivity contribution in [2.75, 3.05) is 30.3 Å². The molecule has 3 heterocycles. The molecule has 4 rings (SSSR count). The van der Waals surface area contributed by atoms with Crippen LogP contribution in [-0.4, -0.2) is 40.4 Å². The highest BCUT2D eigenvalue weighted by atomic mass is 32.1. The summed E-state index contributed by atoms with van der Waals surface area (Å²) in [4.78, 5) is 23.2. The van der Waals surface area contributed by atoms with E-state index in [9.17, 15) is 4.79 Å². The maximum atomic E-state index is 12.1. The van der Waals surface area contributed by atoms with Crippen molar-refractivity contribution in [3.05, 3.63) is 41.9 Å². The van der Waals surface area contributed by atoms with Gasteiger partial charge in [0.05, 0.1) is 16.4 Å². The van der Waals surface area contributed by atoms with Crippen molar-refractivity contribution in [3.63, 3.8) is 0 Å². The zero-order valence-corrected chi connectivity index (χ0v) is 15.3. The number of rotatable bonds is 6. The fraction of sp³-hybridized carbons (Fsp3) is 0.316. The molecule has 134 valence electrons. The molecule has 0 aliphatic carbocycles. The maximum Gasteiger partial charge on any atom is 0.227 e. The standard InChI is InChI=1S/C19H21N5OS/c25-18(7-11-24-9-1-2-10-24)21-14-3-5-15(6-4-14)22-19-20-13-17-16(23-19)8-12-26-17/h3-6,8,12-13H,1-2,7,9-11H2,(H,21,25)(H,20,22,23). The molecule has 1 aliphatic rings. The van der Waals surface area contributed by atoms with Gasteiger partial charge in [-0.3, -0.25) is 4.79 Å². The summed E-state index contributed by atoms with van der Waals surface area (Å²) in [6.45, 7) is 3.08. The van der Waals surface area contributed by atoms with Crippen LogP contribution in [0, 0.1) is 0 Å². The molecule has 0 saturated carbocycles. The molecule has 1 aromatic carbocycles. The van der Waals surface area contributed by atoms with Crippen molar-refractivity contribution >= 4 is 44.8 Å². The number of hydrogen-bond acceptors (Lipinski definition) is 6. The minimum atomic E-state index is 0.0591. The molecule has 0 spiro atoms. The topological polar surface area (TPSA) is 70.2 Å². The Labute approximate surface area is 156 Å². The van der Waals surface area contributed by atoms with E-state index in [2.05, 4.69) is 25.5 Å². The average molecular weight is 367 g/mol. The highest BCUT2D eigenvalue weighted by Crippen LogP contribution is 2.21. The van der Waals surface area contributed by atoms with Crippen LogP contribution in [0.3, 0.4) is 0 Å². The van der Waals surface area contributed by atoms with Crippen molar-refractivity contribution in [1.29, 1.82) is 0 Å². The monoisotopic (exact) mass is 367 g/mol. The molecular weight excluding hydrogens is 346 g/mol. The molecule has 2 N–H and O–H groups in total. The van der Waals surface area contributed by atoms with E-state index in [1.165, 1.54) is 12.8 Å². The first-order valence-electron chi connectivity index (χ1n) is 8.86. The van der Waals surface area contributed by atoms with Crippen LogP contribution >= 0.6 is 11.3 Å². The molecule has 0 radical (unpaired) electrons. The first-order valence-corrected chi connectivity index (χ1v) is 9.74. The molecule has 3 aromatic rings. The van der Waals surface area contributed by atoms with Gasteiger partial charge in [0.1, 0.15) is 0 Å². The summed E-state index contributed by atoms with van der Waals surface area (Å²) in [5.74, 6) is 0.627. The molecule has 2 aromatic heterocycles. The van der Waals surface area contributed by atoms with Crippen molar-refractivity contribution in [1.82, 2.24) is 14.9 Å². The Hall–Kier alpha value is -2.51. The number of amides is 1. The third-order valence-electron chi connectivity index (χ3n) is 4.48. The second-order valence-electron chi connectivity index (χ2n) is 6.41. The number of hydrogen-bond donors (Lipinski definition) is 2. The van der Waals surface area contributed by atoms with Gasteiger partial charge >= 0.3 is 0 Å². The van der Waals surface area contributed by atoms with E-state index in [4.69, 9.17) is 0 Å². The second kappa shape index (κ2) is 7.80. The molecule has 0 unspecified atom stereocenters. The van der Waals surface area contributed by atoms with E-state index in [0.717, 1.165) is 41.2 Å². The lowest BCUT2D eigenvalue weighted by atomic mass is 10.2. The number of nitrogens with zero attached hydrogens (tertiary/aromatic N) is 3. The normalized spacial score (nSPS) is 14.6. The molecule has 7 heteroatoms. The quantitative estimate of drug-likeness (QED) is 0.692. The maximum absolute atomic E-state index is 12.1. The van der Waals surface area contributed by atoms with E-state index < -0.39 is 0 Å². The number of aromatic nitrogens is 2. The van der Waals surface area contributed by atoms with Crippen molar-refractivity contribution in [2.45, 2.75) is 19.3 Å². The largest absolute Gasteiger partial charge is 0.326 e. The third-order valence-corrected chi connectivity index (χ3v) is 5.32. The first-order chi connectivity index (χ1) is 12.8. The van der Waals surface area contributed by atoms with Gasteiger partial charge in [0, 0.05) is 24.3 Å². The van der Waals surface area contributed by atoms with Gasteiger partial charge in [-0.25, -0.2) is 9.97 Å². The lowest BCUT2D eigenvalue weighted by Gasteiger charge is -2.14.